The molecule has 2 heteroatoms. The summed E-state index contributed by atoms with van der Waals surface area (Å²) in [6.45, 7) is 15.2. The van der Waals surface area contributed by atoms with E-state index in [1.165, 1.54) is 50.4 Å². The van der Waals surface area contributed by atoms with E-state index >= 15 is 0 Å². The summed E-state index contributed by atoms with van der Waals surface area (Å²) >= 11 is 0. The highest BCUT2D eigenvalue weighted by Crippen LogP contribution is 2.22. The van der Waals surface area contributed by atoms with Crippen molar-refractivity contribution >= 4 is 5.69 Å². The van der Waals surface area contributed by atoms with Crippen molar-refractivity contribution in [3.63, 3.8) is 0 Å². The van der Waals surface area contributed by atoms with Crippen molar-refractivity contribution in [1.29, 1.82) is 0 Å². The Morgan fingerprint density at radius 1 is 1.00 bits per heavy atom. The highest BCUT2D eigenvalue weighted by atomic mass is 15.3. The van der Waals surface area contributed by atoms with Crippen molar-refractivity contribution in [2.24, 2.45) is 5.92 Å². The second-order valence-corrected chi connectivity index (χ2v) is 6.76. The fourth-order valence-electron chi connectivity index (χ4n) is 2.75. The summed E-state index contributed by atoms with van der Waals surface area (Å²) in [5, 5.41) is 0. The van der Waals surface area contributed by atoms with Crippen molar-refractivity contribution in [2.45, 2.75) is 40.0 Å². The maximum atomic E-state index is 2.61. The third kappa shape index (κ3) is 4.24. The minimum absolute atomic E-state index is 0.613. The topological polar surface area (TPSA) is 6.48 Å². The summed E-state index contributed by atoms with van der Waals surface area (Å²) in [6, 6.07) is 9.08. The Labute approximate surface area is 124 Å². The average Bonchev–Trinajstić information content (AvgIpc) is 2.46. The predicted octanol–water partition coefficient (Wildman–Crippen LogP) is 3.98. The van der Waals surface area contributed by atoms with Gasteiger partial charge in [0, 0.05) is 31.9 Å². The Morgan fingerprint density at radius 3 is 2.30 bits per heavy atom. The van der Waals surface area contributed by atoms with Crippen LogP contribution >= 0.6 is 0 Å². The van der Waals surface area contributed by atoms with Gasteiger partial charge >= 0.3 is 0 Å². The third-order valence-electron chi connectivity index (χ3n) is 4.30. The molecule has 0 spiro atoms. The molecule has 2 nitrogen and oxygen atoms in total. The first kappa shape index (κ1) is 15.4. The first-order valence-electron chi connectivity index (χ1n) is 8.13. The molecule has 20 heavy (non-hydrogen) atoms. The zero-order chi connectivity index (χ0) is 14.5. The van der Waals surface area contributed by atoms with Gasteiger partial charge in [-0.2, -0.15) is 0 Å². The SMILES string of the molecule is CC(C)CCN1CCN(c2cccc(C(C)C)c2)CC1. The number of hydrogen-bond donors (Lipinski definition) is 0. The van der Waals surface area contributed by atoms with Crippen molar-refractivity contribution in [3.05, 3.63) is 29.8 Å². The number of anilines is 1. The van der Waals surface area contributed by atoms with Gasteiger partial charge in [0.2, 0.25) is 0 Å². The summed E-state index contributed by atoms with van der Waals surface area (Å²) in [4.78, 5) is 5.15. The number of nitrogens with zero attached hydrogens (tertiary/aromatic N) is 2. The standard InChI is InChI=1S/C18H30N2/c1-15(2)8-9-19-10-12-20(13-11-19)18-7-5-6-17(14-18)16(3)4/h5-7,14-16H,8-13H2,1-4H3. The van der Waals surface area contributed by atoms with E-state index in [4.69, 9.17) is 0 Å². The lowest BCUT2D eigenvalue weighted by Crippen LogP contribution is -2.46. The van der Waals surface area contributed by atoms with Crippen LogP contribution in [-0.2, 0) is 0 Å². The maximum absolute atomic E-state index is 2.61. The van der Waals surface area contributed by atoms with Crippen LogP contribution in [0, 0.1) is 5.92 Å². The van der Waals surface area contributed by atoms with Crippen LogP contribution in [0.3, 0.4) is 0 Å². The Bertz CT molecular complexity index is 404. The molecule has 0 saturated carbocycles. The molecule has 0 radical (unpaired) electrons. The van der Waals surface area contributed by atoms with Gasteiger partial charge in [-0.1, -0.05) is 39.8 Å². The predicted molar refractivity (Wildman–Crippen MR) is 88.6 cm³/mol. The number of rotatable bonds is 5. The van der Waals surface area contributed by atoms with Gasteiger partial charge in [0.15, 0.2) is 0 Å². The minimum Gasteiger partial charge on any atom is -0.369 e. The molecule has 0 unspecified atom stereocenters. The van der Waals surface area contributed by atoms with Crippen LogP contribution in [0.1, 0.15) is 45.6 Å². The largest absolute Gasteiger partial charge is 0.369 e. The van der Waals surface area contributed by atoms with Crippen LogP contribution in [0.2, 0.25) is 0 Å². The fraction of sp³-hybridized carbons (Fsp3) is 0.667. The fourth-order valence-corrected chi connectivity index (χ4v) is 2.75. The molecule has 1 aliphatic heterocycles. The van der Waals surface area contributed by atoms with Crippen LogP contribution in [0.15, 0.2) is 24.3 Å². The van der Waals surface area contributed by atoms with E-state index in [0.29, 0.717) is 5.92 Å². The number of hydrogen-bond acceptors (Lipinski definition) is 2. The van der Waals surface area contributed by atoms with E-state index < -0.39 is 0 Å². The molecule has 0 N–H and O–H groups in total. The van der Waals surface area contributed by atoms with Crippen LogP contribution in [-0.4, -0.2) is 37.6 Å². The molecule has 1 saturated heterocycles. The molecule has 2 rings (SSSR count). The molecular formula is C18H30N2. The van der Waals surface area contributed by atoms with E-state index in [1.807, 2.05) is 0 Å². The van der Waals surface area contributed by atoms with Crippen molar-refractivity contribution in [2.75, 3.05) is 37.6 Å². The van der Waals surface area contributed by atoms with Gasteiger partial charge in [0.1, 0.15) is 0 Å². The number of benzene rings is 1. The molecule has 0 bridgehead atoms. The maximum Gasteiger partial charge on any atom is 0.0369 e. The lowest BCUT2D eigenvalue weighted by molar-refractivity contribution is 0.243. The Morgan fingerprint density at radius 2 is 1.70 bits per heavy atom. The second kappa shape index (κ2) is 7.12. The van der Waals surface area contributed by atoms with Crippen molar-refractivity contribution in [3.8, 4) is 0 Å². The molecule has 0 aliphatic carbocycles. The smallest absolute Gasteiger partial charge is 0.0369 e. The van der Waals surface area contributed by atoms with E-state index in [-0.39, 0.29) is 0 Å². The molecule has 1 aliphatic rings. The van der Waals surface area contributed by atoms with Crippen LogP contribution in [0.4, 0.5) is 5.69 Å². The average molecular weight is 274 g/mol. The van der Waals surface area contributed by atoms with Crippen LogP contribution in [0.25, 0.3) is 0 Å². The quantitative estimate of drug-likeness (QED) is 0.801. The van der Waals surface area contributed by atoms with E-state index in [2.05, 4.69) is 61.8 Å². The van der Waals surface area contributed by atoms with E-state index in [9.17, 15) is 0 Å². The molecule has 1 aromatic carbocycles. The highest BCUT2D eigenvalue weighted by Gasteiger charge is 2.17. The molecule has 0 atom stereocenters. The summed E-state index contributed by atoms with van der Waals surface area (Å²) in [7, 11) is 0. The van der Waals surface area contributed by atoms with Crippen LogP contribution < -0.4 is 4.90 Å². The van der Waals surface area contributed by atoms with Gasteiger partial charge < -0.3 is 4.90 Å². The Hall–Kier alpha value is -1.02. The van der Waals surface area contributed by atoms with Crippen molar-refractivity contribution < 1.29 is 0 Å². The molecular weight excluding hydrogens is 244 g/mol. The monoisotopic (exact) mass is 274 g/mol. The van der Waals surface area contributed by atoms with Gasteiger partial charge in [-0.05, 0) is 42.5 Å². The van der Waals surface area contributed by atoms with Gasteiger partial charge in [0.25, 0.3) is 0 Å². The Kier molecular flexibility index (Phi) is 5.47. The normalized spacial score (nSPS) is 17.2. The summed E-state index contributed by atoms with van der Waals surface area (Å²) in [6.07, 6.45) is 1.32. The number of piperazine rings is 1. The lowest BCUT2D eigenvalue weighted by Gasteiger charge is -2.36. The molecule has 112 valence electrons. The van der Waals surface area contributed by atoms with Gasteiger partial charge in [-0.3, -0.25) is 4.90 Å². The molecule has 0 amide bonds. The third-order valence-corrected chi connectivity index (χ3v) is 4.30. The highest BCUT2D eigenvalue weighted by molar-refractivity contribution is 5.49. The lowest BCUT2D eigenvalue weighted by atomic mass is 10.0. The summed E-state index contributed by atoms with van der Waals surface area (Å²) in [5.74, 6) is 1.43. The minimum atomic E-state index is 0.613. The second-order valence-electron chi connectivity index (χ2n) is 6.76. The van der Waals surface area contributed by atoms with Gasteiger partial charge in [-0.25, -0.2) is 0 Å². The molecule has 1 fully saturated rings. The van der Waals surface area contributed by atoms with E-state index in [0.717, 1.165) is 5.92 Å². The first-order valence-corrected chi connectivity index (χ1v) is 8.13. The van der Waals surface area contributed by atoms with Gasteiger partial charge in [-0.15, -0.1) is 0 Å². The molecule has 0 aromatic heterocycles. The Balaban J connectivity index is 1.88. The van der Waals surface area contributed by atoms with E-state index in [1.54, 1.807) is 0 Å². The zero-order valence-electron chi connectivity index (χ0n) is 13.6. The summed E-state index contributed by atoms with van der Waals surface area (Å²) in [5.41, 5.74) is 2.85. The molecule has 1 aromatic rings. The zero-order valence-corrected chi connectivity index (χ0v) is 13.6. The summed E-state index contributed by atoms with van der Waals surface area (Å²) < 4.78 is 0. The van der Waals surface area contributed by atoms with Gasteiger partial charge in [0.05, 0.1) is 0 Å². The molecule has 1 heterocycles. The van der Waals surface area contributed by atoms with Crippen LogP contribution in [0.5, 0.6) is 0 Å². The first-order chi connectivity index (χ1) is 9.56. The van der Waals surface area contributed by atoms with Crippen molar-refractivity contribution in [1.82, 2.24) is 4.90 Å².